The van der Waals surface area contributed by atoms with Gasteiger partial charge in [-0.15, -0.1) is 0 Å². The quantitative estimate of drug-likeness (QED) is 0.651. The first kappa shape index (κ1) is 14.5. The van der Waals surface area contributed by atoms with Crippen molar-refractivity contribution in [1.29, 1.82) is 0 Å². The van der Waals surface area contributed by atoms with Crippen molar-refractivity contribution < 1.29 is 4.39 Å². The predicted molar refractivity (Wildman–Crippen MR) is 79.3 cm³/mol. The first-order valence-corrected chi connectivity index (χ1v) is 6.93. The Balaban J connectivity index is 2.24. The predicted octanol–water partition coefficient (Wildman–Crippen LogP) is 3.99. The fourth-order valence-corrected chi connectivity index (χ4v) is 2.45. The topological polar surface area (TPSA) is 38.0 Å². The number of hydrazine groups is 1. The van der Waals surface area contributed by atoms with Crippen LogP contribution in [-0.2, 0) is 6.42 Å². The molecule has 0 fully saturated rings. The smallest absolute Gasteiger partial charge is 0.137 e. The number of halogens is 3. The maximum absolute atomic E-state index is 13.5. The van der Waals surface area contributed by atoms with E-state index in [9.17, 15) is 4.39 Å². The van der Waals surface area contributed by atoms with Crippen LogP contribution in [0.4, 0.5) is 4.39 Å². The molecule has 0 aromatic heterocycles. The molecular formula is C14H13BrClFN2. The molecule has 0 saturated heterocycles. The van der Waals surface area contributed by atoms with Gasteiger partial charge in [-0.3, -0.25) is 11.3 Å². The lowest BCUT2D eigenvalue weighted by Gasteiger charge is -2.17. The molecule has 0 aliphatic heterocycles. The van der Waals surface area contributed by atoms with E-state index in [1.54, 1.807) is 6.07 Å². The summed E-state index contributed by atoms with van der Waals surface area (Å²) in [5, 5.41) is 0.673. The van der Waals surface area contributed by atoms with Crippen molar-refractivity contribution >= 4 is 27.5 Å². The Hall–Kier alpha value is -0.940. The largest absolute Gasteiger partial charge is 0.271 e. The van der Waals surface area contributed by atoms with Crippen molar-refractivity contribution in [2.24, 2.45) is 5.84 Å². The minimum absolute atomic E-state index is 0.102. The van der Waals surface area contributed by atoms with Gasteiger partial charge in [0.05, 0.1) is 10.5 Å². The van der Waals surface area contributed by atoms with E-state index < -0.39 is 0 Å². The van der Waals surface area contributed by atoms with E-state index in [4.69, 9.17) is 17.4 Å². The molecule has 2 nitrogen and oxygen atoms in total. The highest BCUT2D eigenvalue weighted by molar-refractivity contribution is 9.10. The third-order valence-corrected chi connectivity index (χ3v) is 4.07. The normalized spacial score (nSPS) is 12.4. The molecule has 0 radical (unpaired) electrons. The van der Waals surface area contributed by atoms with Gasteiger partial charge in [0.15, 0.2) is 0 Å². The van der Waals surface area contributed by atoms with Crippen molar-refractivity contribution in [3.8, 4) is 0 Å². The summed E-state index contributed by atoms with van der Waals surface area (Å²) in [6.07, 6.45) is 0.580. The van der Waals surface area contributed by atoms with E-state index in [1.807, 2.05) is 30.3 Å². The number of nitrogens with two attached hydrogens (primary N) is 1. The fourth-order valence-electron chi connectivity index (χ4n) is 1.89. The summed E-state index contributed by atoms with van der Waals surface area (Å²) < 4.78 is 13.9. The standard InChI is InChI=1S/C14H13BrClFN2/c15-14-10(2-1-3-12(14)17)8-13(19-18)9-4-6-11(16)7-5-9/h1-7,13,19H,8,18H2. The highest BCUT2D eigenvalue weighted by Gasteiger charge is 2.14. The molecule has 1 atom stereocenters. The van der Waals surface area contributed by atoms with Crippen LogP contribution in [0.5, 0.6) is 0 Å². The second-order valence-electron chi connectivity index (χ2n) is 4.19. The lowest BCUT2D eigenvalue weighted by molar-refractivity contribution is 0.546. The average molecular weight is 344 g/mol. The number of hydrogen-bond acceptors (Lipinski definition) is 2. The molecule has 2 rings (SSSR count). The molecule has 0 saturated carbocycles. The van der Waals surface area contributed by atoms with Gasteiger partial charge in [-0.25, -0.2) is 4.39 Å². The van der Waals surface area contributed by atoms with E-state index in [0.717, 1.165) is 11.1 Å². The minimum atomic E-state index is -0.274. The molecule has 0 amide bonds. The van der Waals surface area contributed by atoms with E-state index >= 15 is 0 Å². The molecular weight excluding hydrogens is 331 g/mol. The molecule has 2 aromatic rings. The van der Waals surface area contributed by atoms with Crippen LogP contribution in [0.2, 0.25) is 5.02 Å². The van der Waals surface area contributed by atoms with Crippen LogP contribution in [0.3, 0.4) is 0 Å². The van der Waals surface area contributed by atoms with Crippen LogP contribution in [0.15, 0.2) is 46.9 Å². The van der Waals surface area contributed by atoms with Gasteiger partial charge in [-0.05, 0) is 51.7 Å². The lowest BCUT2D eigenvalue weighted by Crippen LogP contribution is -2.29. The Bertz CT molecular complexity index is 560. The Morgan fingerprint density at radius 3 is 2.53 bits per heavy atom. The SMILES string of the molecule is NNC(Cc1cccc(F)c1Br)c1ccc(Cl)cc1. The van der Waals surface area contributed by atoms with Gasteiger partial charge in [0.25, 0.3) is 0 Å². The van der Waals surface area contributed by atoms with Crippen LogP contribution in [0, 0.1) is 5.82 Å². The molecule has 100 valence electrons. The number of benzene rings is 2. The van der Waals surface area contributed by atoms with Crippen molar-refractivity contribution in [2.45, 2.75) is 12.5 Å². The highest BCUT2D eigenvalue weighted by Crippen LogP contribution is 2.26. The molecule has 3 N–H and O–H groups in total. The number of nitrogens with one attached hydrogen (secondary N) is 1. The van der Waals surface area contributed by atoms with Gasteiger partial charge < -0.3 is 0 Å². The zero-order valence-electron chi connectivity index (χ0n) is 10.0. The summed E-state index contributed by atoms with van der Waals surface area (Å²) in [6.45, 7) is 0. The van der Waals surface area contributed by atoms with Crippen molar-refractivity contribution in [1.82, 2.24) is 5.43 Å². The number of rotatable bonds is 4. The second kappa shape index (κ2) is 6.48. The third-order valence-electron chi connectivity index (χ3n) is 2.93. The van der Waals surface area contributed by atoms with Crippen molar-refractivity contribution in [3.63, 3.8) is 0 Å². The Morgan fingerprint density at radius 2 is 1.89 bits per heavy atom. The summed E-state index contributed by atoms with van der Waals surface area (Å²) in [4.78, 5) is 0. The van der Waals surface area contributed by atoms with E-state index in [0.29, 0.717) is 15.9 Å². The lowest BCUT2D eigenvalue weighted by atomic mass is 9.99. The average Bonchev–Trinajstić information content (AvgIpc) is 2.42. The Labute approximate surface area is 124 Å². The van der Waals surface area contributed by atoms with Gasteiger partial charge in [0, 0.05) is 5.02 Å². The monoisotopic (exact) mass is 342 g/mol. The second-order valence-corrected chi connectivity index (χ2v) is 5.42. The zero-order valence-corrected chi connectivity index (χ0v) is 12.4. The van der Waals surface area contributed by atoms with E-state index in [2.05, 4.69) is 21.4 Å². The molecule has 5 heteroatoms. The first-order valence-electron chi connectivity index (χ1n) is 5.76. The summed E-state index contributed by atoms with van der Waals surface area (Å²) in [7, 11) is 0. The molecule has 2 aromatic carbocycles. The highest BCUT2D eigenvalue weighted by atomic mass is 79.9. The molecule has 0 heterocycles. The first-order chi connectivity index (χ1) is 9.11. The van der Waals surface area contributed by atoms with Gasteiger partial charge in [-0.1, -0.05) is 35.9 Å². The van der Waals surface area contributed by atoms with Gasteiger partial charge >= 0.3 is 0 Å². The molecule has 19 heavy (non-hydrogen) atoms. The molecule has 1 unspecified atom stereocenters. The van der Waals surface area contributed by atoms with Crippen LogP contribution < -0.4 is 11.3 Å². The van der Waals surface area contributed by atoms with E-state index in [1.165, 1.54) is 6.07 Å². The maximum Gasteiger partial charge on any atom is 0.137 e. The molecule has 0 spiro atoms. The minimum Gasteiger partial charge on any atom is -0.271 e. The number of hydrogen-bond donors (Lipinski definition) is 2. The summed E-state index contributed by atoms with van der Waals surface area (Å²) in [5.41, 5.74) is 4.61. The Morgan fingerprint density at radius 1 is 1.21 bits per heavy atom. The maximum atomic E-state index is 13.5. The van der Waals surface area contributed by atoms with Gasteiger partial charge in [0.2, 0.25) is 0 Å². The third kappa shape index (κ3) is 3.54. The van der Waals surface area contributed by atoms with E-state index in [-0.39, 0.29) is 11.9 Å². The Kier molecular flexibility index (Phi) is 4.93. The van der Waals surface area contributed by atoms with Gasteiger partial charge in [0.1, 0.15) is 5.82 Å². The summed E-state index contributed by atoms with van der Waals surface area (Å²) in [6, 6.07) is 12.3. The molecule has 0 aliphatic rings. The van der Waals surface area contributed by atoms with Crippen LogP contribution in [0.1, 0.15) is 17.2 Å². The van der Waals surface area contributed by atoms with Crippen molar-refractivity contribution in [2.75, 3.05) is 0 Å². The fraction of sp³-hybridized carbons (Fsp3) is 0.143. The summed E-state index contributed by atoms with van der Waals surface area (Å²) in [5.74, 6) is 5.31. The molecule has 0 bridgehead atoms. The summed E-state index contributed by atoms with van der Waals surface area (Å²) >= 11 is 9.11. The van der Waals surface area contributed by atoms with Gasteiger partial charge in [-0.2, -0.15) is 0 Å². The van der Waals surface area contributed by atoms with Crippen LogP contribution >= 0.6 is 27.5 Å². The van der Waals surface area contributed by atoms with Crippen LogP contribution in [0.25, 0.3) is 0 Å². The molecule has 0 aliphatic carbocycles. The zero-order chi connectivity index (χ0) is 13.8. The van der Waals surface area contributed by atoms with Crippen LogP contribution in [-0.4, -0.2) is 0 Å². The van der Waals surface area contributed by atoms with Crippen molar-refractivity contribution in [3.05, 3.63) is 68.9 Å².